The molecule has 1 aromatic carbocycles. The number of H-pyrrole nitrogens is 1. The van der Waals surface area contributed by atoms with Crippen LogP contribution in [0.3, 0.4) is 0 Å². The molecule has 0 amide bonds. The first kappa shape index (κ1) is 10.8. The van der Waals surface area contributed by atoms with Gasteiger partial charge in [0.15, 0.2) is 0 Å². The predicted molar refractivity (Wildman–Crippen MR) is 60.5 cm³/mol. The van der Waals surface area contributed by atoms with E-state index in [1.165, 1.54) is 11.7 Å². The van der Waals surface area contributed by atoms with Crippen molar-refractivity contribution in [3.05, 3.63) is 39.5 Å². The Bertz CT molecular complexity index is 574. The second kappa shape index (κ2) is 4.02. The Morgan fingerprint density at radius 1 is 1.50 bits per heavy atom. The molecule has 0 aliphatic heterocycles. The molecule has 1 N–H and O–H groups in total. The summed E-state index contributed by atoms with van der Waals surface area (Å²) in [6.45, 7) is 1.73. The summed E-state index contributed by atoms with van der Waals surface area (Å²) in [6.07, 6.45) is 0. The van der Waals surface area contributed by atoms with Crippen molar-refractivity contribution in [2.24, 2.45) is 0 Å². The van der Waals surface area contributed by atoms with Crippen LogP contribution in [0.15, 0.2) is 23.0 Å². The summed E-state index contributed by atoms with van der Waals surface area (Å²) in [5.74, 6) is 1.14. The lowest BCUT2D eigenvalue weighted by molar-refractivity contribution is 0.415. The van der Waals surface area contributed by atoms with Crippen LogP contribution in [0.25, 0.3) is 5.69 Å². The van der Waals surface area contributed by atoms with Crippen LogP contribution < -0.4 is 10.4 Å². The maximum Gasteiger partial charge on any atom is 0.347 e. The van der Waals surface area contributed by atoms with Crippen LogP contribution >= 0.6 is 11.6 Å². The summed E-state index contributed by atoms with van der Waals surface area (Å²) < 4.78 is 6.47. The third-order valence-corrected chi connectivity index (χ3v) is 2.53. The van der Waals surface area contributed by atoms with Gasteiger partial charge in [0.05, 0.1) is 17.8 Å². The number of methoxy groups -OCH3 is 1. The Morgan fingerprint density at radius 3 is 2.75 bits per heavy atom. The van der Waals surface area contributed by atoms with Gasteiger partial charge in [-0.25, -0.2) is 14.5 Å². The zero-order valence-electron chi connectivity index (χ0n) is 8.82. The molecule has 0 saturated heterocycles. The summed E-state index contributed by atoms with van der Waals surface area (Å²) in [5.41, 5.74) is 0.362. The third kappa shape index (κ3) is 1.69. The van der Waals surface area contributed by atoms with Crippen molar-refractivity contribution in [1.29, 1.82) is 0 Å². The van der Waals surface area contributed by atoms with Crippen molar-refractivity contribution >= 4 is 11.6 Å². The van der Waals surface area contributed by atoms with E-state index in [1.54, 1.807) is 25.1 Å². The summed E-state index contributed by atoms with van der Waals surface area (Å²) >= 11 is 5.98. The van der Waals surface area contributed by atoms with Crippen molar-refractivity contribution in [2.45, 2.75) is 6.92 Å². The number of nitrogens with one attached hydrogen (secondary N) is 1. The largest absolute Gasteiger partial charge is 0.495 e. The third-order valence-electron chi connectivity index (χ3n) is 2.23. The molecule has 6 heteroatoms. The minimum atomic E-state index is -0.293. The minimum absolute atomic E-state index is 0.293. The molecule has 0 bridgehead atoms. The molecule has 2 aromatic rings. The van der Waals surface area contributed by atoms with E-state index < -0.39 is 0 Å². The standard InChI is InChI=1S/C10H10ClN3O2/c1-6-12-13-10(15)14(6)7-3-4-9(16-2)8(11)5-7/h3-5H,1-2H3,(H,13,15). The Kier molecular flexibility index (Phi) is 2.70. The van der Waals surface area contributed by atoms with E-state index >= 15 is 0 Å². The SMILES string of the molecule is COc1ccc(-n2c(C)n[nH]c2=O)cc1Cl. The number of aromatic amines is 1. The van der Waals surface area contributed by atoms with E-state index in [1.807, 2.05) is 0 Å². The van der Waals surface area contributed by atoms with E-state index in [9.17, 15) is 4.79 Å². The first-order chi connectivity index (χ1) is 7.63. The van der Waals surface area contributed by atoms with E-state index in [0.29, 0.717) is 22.3 Å². The fourth-order valence-corrected chi connectivity index (χ4v) is 1.73. The fraction of sp³-hybridized carbons (Fsp3) is 0.200. The molecule has 0 radical (unpaired) electrons. The number of hydrogen-bond acceptors (Lipinski definition) is 3. The lowest BCUT2D eigenvalue weighted by Crippen LogP contribution is -2.15. The number of halogens is 1. The Morgan fingerprint density at radius 2 is 2.25 bits per heavy atom. The lowest BCUT2D eigenvalue weighted by atomic mass is 10.3. The van der Waals surface area contributed by atoms with Gasteiger partial charge in [0.2, 0.25) is 0 Å². The number of benzene rings is 1. The number of rotatable bonds is 2. The topological polar surface area (TPSA) is 59.9 Å². The smallest absolute Gasteiger partial charge is 0.347 e. The molecule has 5 nitrogen and oxygen atoms in total. The number of aryl methyl sites for hydroxylation is 1. The van der Waals surface area contributed by atoms with Gasteiger partial charge in [-0.3, -0.25) is 0 Å². The number of hydrogen-bond donors (Lipinski definition) is 1. The maximum absolute atomic E-state index is 11.5. The van der Waals surface area contributed by atoms with Crippen molar-refractivity contribution < 1.29 is 4.74 Å². The highest BCUT2D eigenvalue weighted by Gasteiger charge is 2.08. The summed E-state index contributed by atoms with van der Waals surface area (Å²) in [6, 6.07) is 5.11. The van der Waals surface area contributed by atoms with Crippen LogP contribution in [0, 0.1) is 6.92 Å². The molecule has 0 saturated carbocycles. The van der Waals surface area contributed by atoms with Crippen LogP contribution in [0.4, 0.5) is 0 Å². The minimum Gasteiger partial charge on any atom is -0.495 e. The zero-order valence-corrected chi connectivity index (χ0v) is 9.58. The summed E-state index contributed by atoms with van der Waals surface area (Å²) in [7, 11) is 1.54. The van der Waals surface area contributed by atoms with Crippen LogP contribution in [-0.4, -0.2) is 21.9 Å². The molecular formula is C10H10ClN3O2. The molecular weight excluding hydrogens is 230 g/mol. The average Bonchev–Trinajstić information content (AvgIpc) is 2.58. The molecule has 0 fully saturated rings. The van der Waals surface area contributed by atoms with Gasteiger partial charge in [-0.15, -0.1) is 0 Å². The van der Waals surface area contributed by atoms with Gasteiger partial charge in [0.1, 0.15) is 11.6 Å². The normalized spacial score (nSPS) is 10.4. The van der Waals surface area contributed by atoms with Crippen molar-refractivity contribution in [3.8, 4) is 11.4 Å². The van der Waals surface area contributed by atoms with Gasteiger partial charge in [0, 0.05) is 0 Å². The van der Waals surface area contributed by atoms with Gasteiger partial charge in [-0.1, -0.05) is 11.6 Å². The second-order valence-corrected chi connectivity index (χ2v) is 3.64. The van der Waals surface area contributed by atoms with Gasteiger partial charge in [0.25, 0.3) is 0 Å². The second-order valence-electron chi connectivity index (χ2n) is 3.23. The van der Waals surface area contributed by atoms with Crippen LogP contribution in [-0.2, 0) is 0 Å². The van der Waals surface area contributed by atoms with Crippen LogP contribution in [0.2, 0.25) is 5.02 Å². The fourth-order valence-electron chi connectivity index (χ4n) is 1.47. The van der Waals surface area contributed by atoms with Gasteiger partial charge >= 0.3 is 5.69 Å². The lowest BCUT2D eigenvalue weighted by Gasteiger charge is -2.06. The van der Waals surface area contributed by atoms with E-state index in [-0.39, 0.29) is 5.69 Å². The molecule has 1 heterocycles. The van der Waals surface area contributed by atoms with Gasteiger partial charge in [-0.05, 0) is 25.1 Å². The van der Waals surface area contributed by atoms with Crippen molar-refractivity contribution in [2.75, 3.05) is 7.11 Å². The summed E-state index contributed by atoms with van der Waals surface area (Å²) in [4.78, 5) is 11.5. The number of aromatic nitrogens is 3. The Labute approximate surface area is 96.6 Å². The molecule has 0 atom stereocenters. The Hall–Kier alpha value is -1.75. The zero-order chi connectivity index (χ0) is 11.7. The highest BCUT2D eigenvalue weighted by Crippen LogP contribution is 2.26. The first-order valence-corrected chi connectivity index (χ1v) is 4.99. The van der Waals surface area contributed by atoms with E-state index in [0.717, 1.165) is 0 Å². The number of nitrogens with zero attached hydrogens (tertiary/aromatic N) is 2. The van der Waals surface area contributed by atoms with Crippen LogP contribution in [0.5, 0.6) is 5.75 Å². The highest BCUT2D eigenvalue weighted by molar-refractivity contribution is 6.32. The summed E-state index contributed by atoms with van der Waals surface area (Å²) in [5, 5.41) is 6.63. The average molecular weight is 240 g/mol. The molecule has 0 aliphatic rings. The Balaban J connectivity index is 2.58. The monoisotopic (exact) mass is 239 g/mol. The molecule has 1 aromatic heterocycles. The van der Waals surface area contributed by atoms with E-state index in [2.05, 4.69) is 10.2 Å². The molecule has 0 unspecified atom stereocenters. The molecule has 0 aliphatic carbocycles. The van der Waals surface area contributed by atoms with Crippen molar-refractivity contribution in [3.63, 3.8) is 0 Å². The van der Waals surface area contributed by atoms with Crippen LogP contribution in [0.1, 0.15) is 5.82 Å². The van der Waals surface area contributed by atoms with Gasteiger partial charge < -0.3 is 4.74 Å². The number of ether oxygens (including phenoxy) is 1. The molecule has 16 heavy (non-hydrogen) atoms. The highest BCUT2D eigenvalue weighted by atomic mass is 35.5. The first-order valence-electron chi connectivity index (χ1n) is 4.61. The molecule has 0 spiro atoms. The molecule has 84 valence electrons. The molecule has 2 rings (SSSR count). The van der Waals surface area contributed by atoms with Gasteiger partial charge in [-0.2, -0.15) is 5.10 Å². The van der Waals surface area contributed by atoms with Crippen molar-refractivity contribution in [1.82, 2.24) is 14.8 Å². The maximum atomic E-state index is 11.5. The predicted octanol–water partition coefficient (Wildman–Crippen LogP) is 1.53. The van der Waals surface area contributed by atoms with E-state index in [4.69, 9.17) is 16.3 Å². The quantitative estimate of drug-likeness (QED) is 0.865.